The number of benzene rings is 1. The van der Waals surface area contributed by atoms with Crippen LogP contribution in [0.1, 0.15) is 27.2 Å². The smallest absolute Gasteiger partial charge is 0.234 e. The highest BCUT2D eigenvalue weighted by Gasteiger charge is 2.67. The fraction of sp³-hybridized carbons (Fsp3) is 0.500. The molecule has 4 rings (SSSR count). The predicted molar refractivity (Wildman–Crippen MR) is 109 cm³/mol. The number of nitrogens with zero attached hydrogens (tertiary/aromatic N) is 1. The fourth-order valence-corrected chi connectivity index (χ4v) is 4.55. The van der Waals surface area contributed by atoms with E-state index in [2.05, 4.69) is 24.5 Å². The number of ether oxygens (including phenoxy) is 1. The van der Waals surface area contributed by atoms with Gasteiger partial charge < -0.3 is 20.3 Å². The second kappa shape index (κ2) is 7.30. The van der Waals surface area contributed by atoms with Crippen LogP contribution in [0.4, 0.5) is 11.4 Å². The summed E-state index contributed by atoms with van der Waals surface area (Å²) in [6, 6.07) is 7.13. The number of hydrogen-bond donors (Lipinski definition) is 2. The second-order valence-corrected chi connectivity index (χ2v) is 8.53. The third-order valence-corrected chi connectivity index (χ3v) is 5.92. The molecule has 0 aliphatic carbocycles. The molecule has 3 heterocycles. The van der Waals surface area contributed by atoms with Crippen LogP contribution in [-0.4, -0.2) is 42.5 Å². The second-order valence-electron chi connectivity index (χ2n) is 8.53. The number of rotatable bonds is 6. The molecule has 7 nitrogen and oxygen atoms in total. The Morgan fingerprint density at radius 3 is 2.66 bits per heavy atom. The number of nitrogens with one attached hydrogen (secondary N) is 2. The van der Waals surface area contributed by atoms with Crippen molar-refractivity contribution in [3.8, 4) is 0 Å². The van der Waals surface area contributed by atoms with E-state index >= 15 is 0 Å². The van der Waals surface area contributed by atoms with Gasteiger partial charge in [0.2, 0.25) is 17.7 Å². The van der Waals surface area contributed by atoms with Gasteiger partial charge in [-0.1, -0.05) is 26.0 Å². The van der Waals surface area contributed by atoms with Crippen molar-refractivity contribution in [2.75, 3.05) is 23.3 Å². The Balaban J connectivity index is 1.52. The van der Waals surface area contributed by atoms with Gasteiger partial charge in [0.15, 0.2) is 0 Å². The largest absolute Gasteiger partial charge is 0.360 e. The minimum absolute atomic E-state index is 0.0897. The highest BCUT2D eigenvalue weighted by Crippen LogP contribution is 2.52. The molecule has 3 aliphatic heterocycles. The summed E-state index contributed by atoms with van der Waals surface area (Å²) in [6.45, 7) is 6.66. The maximum Gasteiger partial charge on any atom is 0.234 e. The third-order valence-electron chi connectivity index (χ3n) is 5.92. The Bertz CT molecular complexity index is 863. The van der Waals surface area contributed by atoms with Gasteiger partial charge in [-0.15, -0.1) is 0 Å². The van der Waals surface area contributed by atoms with Crippen molar-refractivity contribution >= 4 is 29.1 Å². The van der Waals surface area contributed by atoms with E-state index < -0.39 is 17.4 Å². The van der Waals surface area contributed by atoms with Gasteiger partial charge in [-0.2, -0.15) is 0 Å². The van der Waals surface area contributed by atoms with Crippen LogP contribution in [0.15, 0.2) is 36.4 Å². The molecule has 2 N–H and O–H groups in total. The van der Waals surface area contributed by atoms with E-state index in [9.17, 15) is 14.4 Å². The molecule has 1 aromatic carbocycles. The summed E-state index contributed by atoms with van der Waals surface area (Å²) in [4.78, 5) is 39.0. The lowest BCUT2D eigenvalue weighted by Gasteiger charge is -2.23. The number of amides is 3. The van der Waals surface area contributed by atoms with Gasteiger partial charge in [0.05, 0.1) is 24.5 Å². The van der Waals surface area contributed by atoms with Crippen LogP contribution in [0.5, 0.6) is 0 Å². The van der Waals surface area contributed by atoms with E-state index in [0.29, 0.717) is 24.7 Å². The first-order valence-electron chi connectivity index (χ1n) is 10.1. The summed E-state index contributed by atoms with van der Waals surface area (Å²) in [5.74, 6) is -0.849. The Hall–Kier alpha value is -2.67. The first-order chi connectivity index (χ1) is 13.8. The van der Waals surface area contributed by atoms with E-state index in [-0.39, 0.29) is 23.8 Å². The minimum Gasteiger partial charge on any atom is -0.360 e. The van der Waals surface area contributed by atoms with Crippen LogP contribution < -0.4 is 15.5 Å². The van der Waals surface area contributed by atoms with Crippen LogP contribution in [0.3, 0.4) is 0 Å². The summed E-state index contributed by atoms with van der Waals surface area (Å²) in [7, 11) is 0. The average Bonchev–Trinajstić information content (AvgIpc) is 3.30. The molecule has 0 radical (unpaired) electrons. The van der Waals surface area contributed by atoms with Crippen LogP contribution in [0.2, 0.25) is 0 Å². The van der Waals surface area contributed by atoms with Crippen LogP contribution in [0, 0.1) is 17.8 Å². The molecule has 0 unspecified atom stereocenters. The van der Waals surface area contributed by atoms with E-state index in [1.165, 1.54) is 6.92 Å². The fourth-order valence-electron chi connectivity index (χ4n) is 4.55. The van der Waals surface area contributed by atoms with E-state index in [0.717, 1.165) is 12.1 Å². The minimum atomic E-state index is -0.738. The normalized spacial score (nSPS) is 29.4. The van der Waals surface area contributed by atoms with Crippen LogP contribution in [-0.2, 0) is 19.1 Å². The Morgan fingerprint density at radius 1 is 1.28 bits per heavy atom. The van der Waals surface area contributed by atoms with E-state index in [4.69, 9.17) is 4.74 Å². The van der Waals surface area contributed by atoms with Crippen LogP contribution in [0.25, 0.3) is 0 Å². The summed E-state index contributed by atoms with van der Waals surface area (Å²) >= 11 is 0. The van der Waals surface area contributed by atoms with Crippen molar-refractivity contribution in [3.63, 3.8) is 0 Å². The Kier molecular flexibility index (Phi) is 4.94. The highest BCUT2D eigenvalue weighted by atomic mass is 16.5. The molecule has 0 saturated carbocycles. The van der Waals surface area contributed by atoms with Gasteiger partial charge in [0, 0.05) is 24.8 Å². The van der Waals surface area contributed by atoms with Gasteiger partial charge in [-0.05, 0) is 36.6 Å². The highest BCUT2D eigenvalue weighted by molar-refractivity contribution is 6.03. The standard InChI is InChI=1S/C22H27N3O4/c1-13(2)9-11-23-20(27)18-17-8-10-22(29-17)12-25(21(28)19(18)22)16-6-4-15(5-7-16)24-14(3)26/h4-8,10,13,17-19H,9,11-12H2,1-3H3,(H,23,27)(H,24,26)/t17-,18-,19+,22+/m1/s1. The lowest BCUT2D eigenvalue weighted by Crippen LogP contribution is -2.44. The van der Waals surface area contributed by atoms with Gasteiger partial charge in [0.1, 0.15) is 5.60 Å². The molecule has 154 valence electrons. The lowest BCUT2D eigenvalue weighted by atomic mass is 9.77. The molecule has 4 atom stereocenters. The van der Waals surface area contributed by atoms with Gasteiger partial charge in [-0.25, -0.2) is 0 Å². The van der Waals surface area contributed by atoms with Crippen molar-refractivity contribution in [2.45, 2.75) is 38.9 Å². The maximum atomic E-state index is 13.3. The topological polar surface area (TPSA) is 87.7 Å². The van der Waals surface area contributed by atoms with Gasteiger partial charge in [-0.3, -0.25) is 14.4 Å². The first kappa shape index (κ1) is 19.6. The molecular formula is C22H27N3O4. The maximum absolute atomic E-state index is 13.3. The number of fused-ring (bicyclic) bond motifs is 1. The summed E-state index contributed by atoms with van der Waals surface area (Å²) in [6.07, 6.45) is 4.42. The van der Waals surface area contributed by atoms with E-state index in [1.807, 2.05) is 12.2 Å². The SMILES string of the molecule is CC(=O)Nc1ccc(N2C[C@]34C=C[C@@H](O3)[C@@H](C(=O)NCCC(C)C)[C@H]4C2=O)cc1. The number of carbonyl (C=O) groups excluding carboxylic acids is 3. The molecule has 3 amide bonds. The zero-order valence-electron chi connectivity index (χ0n) is 17.0. The monoisotopic (exact) mass is 397 g/mol. The molecule has 1 aromatic rings. The van der Waals surface area contributed by atoms with Crippen molar-refractivity contribution in [2.24, 2.45) is 17.8 Å². The van der Waals surface area contributed by atoms with Gasteiger partial charge >= 0.3 is 0 Å². The lowest BCUT2D eigenvalue weighted by molar-refractivity contribution is -0.131. The molecule has 2 fully saturated rings. The van der Waals surface area contributed by atoms with Crippen LogP contribution >= 0.6 is 0 Å². The Morgan fingerprint density at radius 2 is 2.00 bits per heavy atom. The van der Waals surface area contributed by atoms with E-state index in [1.54, 1.807) is 29.2 Å². The van der Waals surface area contributed by atoms with Gasteiger partial charge in [0.25, 0.3) is 0 Å². The van der Waals surface area contributed by atoms with Crippen molar-refractivity contribution in [1.82, 2.24) is 5.32 Å². The predicted octanol–water partition coefficient (Wildman–Crippen LogP) is 2.09. The first-order valence-corrected chi connectivity index (χ1v) is 10.1. The quantitative estimate of drug-likeness (QED) is 0.720. The molecule has 0 aromatic heterocycles. The number of anilines is 2. The molecule has 3 aliphatic rings. The molecule has 29 heavy (non-hydrogen) atoms. The summed E-state index contributed by atoms with van der Waals surface area (Å²) in [5, 5.41) is 5.70. The van der Waals surface area contributed by atoms with Crippen molar-refractivity contribution < 1.29 is 19.1 Å². The van der Waals surface area contributed by atoms with Crippen molar-refractivity contribution in [3.05, 3.63) is 36.4 Å². The summed E-state index contributed by atoms with van der Waals surface area (Å²) in [5.41, 5.74) is 0.663. The molecule has 1 spiro atoms. The van der Waals surface area contributed by atoms with Crippen molar-refractivity contribution in [1.29, 1.82) is 0 Å². The number of hydrogen-bond acceptors (Lipinski definition) is 4. The molecule has 2 bridgehead atoms. The summed E-state index contributed by atoms with van der Waals surface area (Å²) < 4.78 is 6.15. The average molecular weight is 397 g/mol. The zero-order chi connectivity index (χ0) is 20.8. The third kappa shape index (κ3) is 3.44. The molecule has 7 heteroatoms. The molecule has 2 saturated heterocycles. The zero-order valence-corrected chi connectivity index (χ0v) is 17.0. The Labute approximate surface area is 170 Å². The molecular weight excluding hydrogens is 370 g/mol. The number of carbonyl (C=O) groups is 3.